The van der Waals surface area contributed by atoms with Crippen LogP contribution in [0.15, 0.2) is 30.6 Å². The van der Waals surface area contributed by atoms with Gasteiger partial charge in [0.05, 0.1) is 17.2 Å². The topological polar surface area (TPSA) is 67.6 Å². The lowest BCUT2D eigenvalue weighted by atomic mass is 10.1. The first-order valence-electron chi connectivity index (χ1n) is 4.32. The van der Waals surface area contributed by atoms with Crippen LogP contribution in [0.5, 0.6) is 0 Å². The van der Waals surface area contributed by atoms with E-state index in [-0.39, 0.29) is 0 Å². The van der Waals surface area contributed by atoms with E-state index < -0.39 is 0 Å². The van der Waals surface area contributed by atoms with Crippen molar-refractivity contribution in [1.29, 1.82) is 0 Å². The van der Waals surface area contributed by atoms with Crippen molar-refractivity contribution in [1.82, 2.24) is 15.2 Å². The fourth-order valence-corrected chi connectivity index (χ4v) is 1.66. The van der Waals surface area contributed by atoms with E-state index in [2.05, 4.69) is 15.2 Å². The molecule has 0 aliphatic carbocycles. The van der Waals surface area contributed by atoms with Crippen molar-refractivity contribution in [2.45, 2.75) is 0 Å². The summed E-state index contributed by atoms with van der Waals surface area (Å²) in [4.78, 5) is 4.30. The van der Waals surface area contributed by atoms with Crippen molar-refractivity contribution in [3.63, 3.8) is 0 Å². The minimum absolute atomic E-state index is 0.748. The van der Waals surface area contributed by atoms with Gasteiger partial charge in [0.1, 0.15) is 0 Å². The standard InChI is InChI=1S/C10H8N4/c11-8-3-4-12-10-6(8)1-2-9-7(10)5-13-14-9/h1-5H,(H2,11,12)(H,13,14). The molecular formula is C10H8N4. The summed E-state index contributed by atoms with van der Waals surface area (Å²) in [6, 6.07) is 5.72. The lowest BCUT2D eigenvalue weighted by molar-refractivity contribution is 1.12. The number of nitrogens with zero attached hydrogens (tertiary/aromatic N) is 2. The monoisotopic (exact) mass is 184 g/mol. The molecule has 3 N–H and O–H groups in total. The van der Waals surface area contributed by atoms with Crippen LogP contribution in [0.3, 0.4) is 0 Å². The number of rotatable bonds is 0. The number of anilines is 1. The Kier molecular flexibility index (Phi) is 1.28. The molecule has 0 saturated carbocycles. The summed E-state index contributed by atoms with van der Waals surface area (Å²) >= 11 is 0. The van der Waals surface area contributed by atoms with Gasteiger partial charge in [0, 0.05) is 22.7 Å². The SMILES string of the molecule is Nc1ccnc2c1ccc1[nH]ncc12. The molecule has 3 rings (SSSR count). The van der Waals surface area contributed by atoms with Crippen LogP contribution in [-0.4, -0.2) is 15.2 Å². The largest absolute Gasteiger partial charge is 0.398 e. The molecule has 0 aliphatic rings. The Balaban J connectivity index is 2.64. The Morgan fingerprint density at radius 1 is 1.14 bits per heavy atom. The molecule has 1 aromatic carbocycles. The van der Waals surface area contributed by atoms with Gasteiger partial charge in [-0.25, -0.2) is 0 Å². The van der Waals surface area contributed by atoms with Gasteiger partial charge in [0.25, 0.3) is 0 Å². The van der Waals surface area contributed by atoms with Gasteiger partial charge < -0.3 is 5.73 Å². The zero-order valence-corrected chi connectivity index (χ0v) is 7.36. The van der Waals surface area contributed by atoms with Crippen LogP contribution in [-0.2, 0) is 0 Å². The van der Waals surface area contributed by atoms with Crippen molar-refractivity contribution in [3.8, 4) is 0 Å². The molecule has 2 aromatic heterocycles. The van der Waals surface area contributed by atoms with Crippen LogP contribution >= 0.6 is 0 Å². The Bertz CT molecular complexity index is 612. The number of nitrogen functional groups attached to an aromatic ring is 1. The maximum absolute atomic E-state index is 5.85. The Hall–Kier alpha value is -2.10. The molecule has 0 unspecified atom stereocenters. The third kappa shape index (κ3) is 0.821. The second-order valence-corrected chi connectivity index (χ2v) is 3.19. The third-order valence-corrected chi connectivity index (χ3v) is 2.36. The minimum atomic E-state index is 0.748. The molecule has 4 heteroatoms. The van der Waals surface area contributed by atoms with Crippen LogP contribution in [0.2, 0.25) is 0 Å². The Labute approximate surface area is 79.8 Å². The summed E-state index contributed by atoms with van der Waals surface area (Å²) < 4.78 is 0. The summed E-state index contributed by atoms with van der Waals surface area (Å²) in [7, 11) is 0. The van der Waals surface area contributed by atoms with Crippen LogP contribution in [0.25, 0.3) is 21.8 Å². The van der Waals surface area contributed by atoms with Gasteiger partial charge >= 0.3 is 0 Å². The third-order valence-electron chi connectivity index (χ3n) is 2.36. The predicted molar refractivity (Wildman–Crippen MR) is 55.8 cm³/mol. The summed E-state index contributed by atoms with van der Waals surface area (Å²) in [6.45, 7) is 0. The molecule has 0 atom stereocenters. The molecule has 0 aliphatic heterocycles. The summed E-state index contributed by atoms with van der Waals surface area (Å²) in [6.07, 6.45) is 3.48. The molecular weight excluding hydrogens is 176 g/mol. The number of H-pyrrole nitrogens is 1. The van der Waals surface area contributed by atoms with E-state index in [1.165, 1.54) is 0 Å². The summed E-state index contributed by atoms with van der Waals surface area (Å²) in [5.74, 6) is 0. The normalized spacial score (nSPS) is 11.1. The quantitative estimate of drug-likeness (QED) is 0.558. The van der Waals surface area contributed by atoms with Gasteiger partial charge in [0.2, 0.25) is 0 Å². The average Bonchev–Trinajstić information content (AvgIpc) is 2.66. The van der Waals surface area contributed by atoms with Crippen molar-refractivity contribution < 1.29 is 0 Å². The number of hydrogen-bond acceptors (Lipinski definition) is 3. The van der Waals surface area contributed by atoms with Crippen molar-refractivity contribution in [2.24, 2.45) is 0 Å². The van der Waals surface area contributed by atoms with Gasteiger partial charge in [-0.1, -0.05) is 0 Å². The van der Waals surface area contributed by atoms with Gasteiger partial charge in [-0.15, -0.1) is 0 Å². The molecule has 0 saturated heterocycles. The first kappa shape index (κ1) is 7.32. The number of pyridine rings is 1. The van der Waals surface area contributed by atoms with E-state index in [1.54, 1.807) is 18.5 Å². The number of aromatic nitrogens is 3. The molecule has 68 valence electrons. The number of nitrogens with two attached hydrogens (primary N) is 1. The van der Waals surface area contributed by atoms with E-state index in [0.717, 1.165) is 27.5 Å². The molecule has 14 heavy (non-hydrogen) atoms. The number of hydrogen-bond donors (Lipinski definition) is 2. The first-order chi connectivity index (χ1) is 6.86. The average molecular weight is 184 g/mol. The van der Waals surface area contributed by atoms with E-state index in [1.807, 2.05) is 12.1 Å². The summed E-state index contributed by atoms with van der Waals surface area (Å²) in [5, 5.41) is 8.86. The molecule has 4 nitrogen and oxygen atoms in total. The highest BCUT2D eigenvalue weighted by Gasteiger charge is 2.04. The zero-order valence-electron chi connectivity index (χ0n) is 7.36. The molecule has 0 spiro atoms. The molecule has 0 amide bonds. The minimum Gasteiger partial charge on any atom is -0.398 e. The van der Waals surface area contributed by atoms with Gasteiger partial charge in [-0.05, 0) is 18.2 Å². The fraction of sp³-hybridized carbons (Fsp3) is 0. The van der Waals surface area contributed by atoms with Gasteiger partial charge in [-0.3, -0.25) is 10.1 Å². The van der Waals surface area contributed by atoms with E-state index >= 15 is 0 Å². The van der Waals surface area contributed by atoms with Crippen molar-refractivity contribution in [3.05, 3.63) is 30.6 Å². The van der Waals surface area contributed by atoms with Crippen LogP contribution in [0.4, 0.5) is 5.69 Å². The maximum atomic E-state index is 5.85. The number of benzene rings is 1. The van der Waals surface area contributed by atoms with Gasteiger partial charge in [-0.2, -0.15) is 5.10 Å². The Morgan fingerprint density at radius 3 is 3.00 bits per heavy atom. The smallest absolute Gasteiger partial charge is 0.0832 e. The van der Waals surface area contributed by atoms with Crippen LogP contribution < -0.4 is 5.73 Å². The highest BCUT2D eigenvalue weighted by atomic mass is 15.1. The lowest BCUT2D eigenvalue weighted by Gasteiger charge is -2.00. The second kappa shape index (κ2) is 2.45. The molecule has 0 fully saturated rings. The van der Waals surface area contributed by atoms with Crippen molar-refractivity contribution >= 4 is 27.5 Å². The van der Waals surface area contributed by atoms with Crippen LogP contribution in [0, 0.1) is 0 Å². The van der Waals surface area contributed by atoms with Crippen LogP contribution in [0.1, 0.15) is 0 Å². The van der Waals surface area contributed by atoms with E-state index in [0.29, 0.717) is 0 Å². The fourth-order valence-electron chi connectivity index (χ4n) is 1.66. The molecule has 0 bridgehead atoms. The Morgan fingerprint density at radius 2 is 2.07 bits per heavy atom. The maximum Gasteiger partial charge on any atom is 0.0832 e. The molecule has 2 heterocycles. The lowest BCUT2D eigenvalue weighted by Crippen LogP contribution is -1.88. The molecule has 3 aromatic rings. The number of fused-ring (bicyclic) bond motifs is 3. The van der Waals surface area contributed by atoms with E-state index in [9.17, 15) is 0 Å². The zero-order chi connectivity index (χ0) is 9.54. The van der Waals surface area contributed by atoms with Crippen molar-refractivity contribution in [2.75, 3.05) is 5.73 Å². The second-order valence-electron chi connectivity index (χ2n) is 3.19. The summed E-state index contributed by atoms with van der Waals surface area (Å²) in [5.41, 5.74) is 8.47. The highest BCUT2D eigenvalue weighted by molar-refractivity contribution is 6.07. The number of nitrogens with one attached hydrogen (secondary N) is 1. The first-order valence-corrected chi connectivity index (χ1v) is 4.32. The number of aromatic amines is 1. The highest BCUT2D eigenvalue weighted by Crippen LogP contribution is 2.25. The molecule has 0 radical (unpaired) electrons. The predicted octanol–water partition coefficient (Wildman–Crippen LogP) is 1.69. The van der Waals surface area contributed by atoms with E-state index in [4.69, 9.17) is 5.73 Å². The van der Waals surface area contributed by atoms with Gasteiger partial charge in [0.15, 0.2) is 0 Å².